The van der Waals surface area contributed by atoms with Crippen LogP contribution < -0.4 is 21.5 Å². The number of pyridine rings is 1. The summed E-state index contributed by atoms with van der Waals surface area (Å²) < 4.78 is 2.06. The lowest BCUT2D eigenvalue weighted by Crippen LogP contribution is -3.00. The first-order valence-corrected chi connectivity index (χ1v) is 6.32. The number of H-pyrrole nitrogens is 1. The van der Waals surface area contributed by atoms with Crippen LogP contribution in [0.1, 0.15) is 11.1 Å². The van der Waals surface area contributed by atoms with E-state index in [-0.39, 0.29) is 17.0 Å². The van der Waals surface area contributed by atoms with E-state index in [4.69, 9.17) is 0 Å². The molecule has 0 bridgehead atoms. The molecule has 1 N–H and O–H groups in total. The molecule has 0 fully saturated rings. The molecule has 0 saturated carbocycles. The van der Waals surface area contributed by atoms with Crippen LogP contribution in [-0.4, -0.2) is 4.98 Å². The highest BCUT2D eigenvalue weighted by Gasteiger charge is 2.03. The zero-order chi connectivity index (χ0) is 12.4. The Morgan fingerprint density at radius 2 is 1.74 bits per heavy atom. The predicted octanol–water partition coefficient (Wildman–Crippen LogP) is -0.218. The lowest BCUT2D eigenvalue weighted by molar-refractivity contribution is -0.671. The summed E-state index contributed by atoms with van der Waals surface area (Å²) in [5, 5.41) is 1.35. The van der Waals surface area contributed by atoms with E-state index >= 15 is 0 Å². The van der Waals surface area contributed by atoms with Crippen molar-refractivity contribution in [1.29, 1.82) is 0 Å². The van der Waals surface area contributed by atoms with Gasteiger partial charge in [-0.3, -0.25) is 0 Å². The molecule has 0 radical (unpaired) electrons. The molecule has 0 unspecified atom stereocenters. The van der Waals surface area contributed by atoms with Crippen LogP contribution in [0, 0.1) is 0 Å². The van der Waals surface area contributed by atoms with Gasteiger partial charge in [0.15, 0.2) is 12.4 Å². The number of para-hydroxylation sites is 1. The molecule has 3 aromatic rings. The average molecular weight is 317 g/mol. The summed E-state index contributed by atoms with van der Waals surface area (Å²) in [5.41, 5.74) is 4.02. The fourth-order valence-electron chi connectivity index (χ4n) is 2.32. The minimum absolute atomic E-state index is 0. The molecule has 19 heavy (non-hydrogen) atoms. The Hall–Kier alpha value is -1.61. The van der Waals surface area contributed by atoms with Crippen molar-refractivity contribution in [2.45, 2.75) is 12.8 Å². The van der Waals surface area contributed by atoms with Crippen molar-refractivity contribution < 1.29 is 21.5 Å². The number of hydrogen-bond donors (Lipinski definition) is 1. The number of halogens is 1. The Labute approximate surface area is 123 Å². The van der Waals surface area contributed by atoms with Crippen molar-refractivity contribution in [2.75, 3.05) is 0 Å². The third-order valence-electron chi connectivity index (χ3n) is 3.41. The summed E-state index contributed by atoms with van der Waals surface area (Å²) in [6.45, 7) is 0. The highest BCUT2D eigenvalue weighted by Crippen LogP contribution is 2.19. The zero-order valence-corrected chi connectivity index (χ0v) is 12.5. The fraction of sp³-hybridized carbons (Fsp3) is 0.188. The fourth-order valence-corrected chi connectivity index (χ4v) is 2.32. The molecule has 0 amide bonds. The highest BCUT2D eigenvalue weighted by atomic mass is 79.9. The van der Waals surface area contributed by atoms with E-state index in [9.17, 15) is 0 Å². The van der Waals surface area contributed by atoms with Gasteiger partial charge >= 0.3 is 0 Å². The molecular formula is C16H17BrN2. The van der Waals surface area contributed by atoms with E-state index in [0.717, 1.165) is 12.8 Å². The van der Waals surface area contributed by atoms with Crippen LogP contribution in [0.5, 0.6) is 0 Å². The molecule has 3 rings (SSSR count). The molecule has 1 aromatic carbocycles. The lowest BCUT2D eigenvalue weighted by atomic mass is 10.0. The summed E-state index contributed by atoms with van der Waals surface area (Å²) in [6.07, 6.45) is 8.50. The van der Waals surface area contributed by atoms with Gasteiger partial charge in [0, 0.05) is 29.2 Å². The molecule has 2 nitrogen and oxygen atoms in total. The second kappa shape index (κ2) is 6.02. The number of rotatable bonds is 3. The van der Waals surface area contributed by atoms with Crippen LogP contribution in [0.2, 0.25) is 0 Å². The number of aromatic amines is 1. The Morgan fingerprint density at radius 3 is 2.53 bits per heavy atom. The normalized spacial score (nSPS) is 10.4. The molecule has 0 aliphatic rings. The first-order chi connectivity index (χ1) is 8.83. The number of aryl methyl sites for hydroxylation is 3. The molecule has 0 aliphatic carbocycles. The Morgan fingerprint density at radius 1 is 1.00 bits per heavy atom. The smallest absolute Gasteiger partial charge is 0.168 e. The molecular weight excluding hydrogens is 300 g/mol. The largest absolute Gasteiger partial charge is 1.00 e. The van der Waals surface area contributed by atoms with Gasteiger partial charge in [0.25, 0.3) is 0 Å². The topological polar surface area (TPSA) is 19.7 Å². The molecule has 3 heteroatoms. The van der Waals surface area contributed by atoms with Crippen LogP contribution in [-0.2, 0) is 19.9 Å². The number of fused-ring (bicyclic) bond motifs is 1. The Kier molecular flexibility index (Phi) is 4.38. The summed E-state index contributed by atoms with van der Waals surface area (Å²) in [7, 11) is 2.05. The minimum atomic E-state index is 0. The van der Waals surface area contributed by atoms with Gasteiger partial charge in [-0.05, 0) is 30.0 Å². The maximum absolute atomic E-state index is 3.33. The van der Waals surface area contributed by atoms with Gasteiger partial charge in [0.1, 0.15) is 7.05 Å². The first kappa shape index (κ1) is 13.8. The first-order valence-electron chi connectivity index (χ1n) is 6.32. The second-order valence-corrected chi connectivity index (χ2v) is 4.73. The molecule has 2 heterocycles. The maximum atomic E-state index is 3.33. The van der Waals surface area contributed by atoms with E-state index in [2.05, 4.69) is 64.5 Å². The highest BCUT2D eigenvalue weighted by molar-refractivity contribution is 5.83. The van der Waals surface area contributed by atoms with E-state index in [1.54, 1.807) is 0 Å². The molecule has 0 aliphatic heterocycles. The SMILES string of the molecule is C[n+]1ccc(CCc2c[nH]c3ccccc23)cc1.[Br-]. The van der Waals surface area contributed by atoms with Gasteiger partial charge in [0.05, 0.1) is 0 Å². The minimum Gasteiger partial charge on any atom is -1.00 e. The second-order valence-electron chi connectivity index (χ2n) is 4.73. The van der Waals surface area contributed by atoms with Crippen LogP contribution in [0.4, 0.5) is 0 Å². The van der Waals surface area contributed by atoms with Crippen molar-refractivity contribution in [2.24, 2.45) is 7.05 Å². The summed E-state index contributed by atoms with van der Waals surface area (Å²) in [4.78, 5) is 3.33. The summed E-state index contributed by atoms with van der Waals surface area (Å²) >= 11 is 0. The third kappa shape index (κ3) is 3.04. The standard InChI is InChI=1S/C16H17N2.BrH/c1-18-10-8-13(9-11-18)6-7-14-12-17-16-5-3-2-4-15(14)16;/h2-5,8-12,17H,6-7H2,1H3;1H/q+1;/p-1. The molecule has 98 valence electrons. The quantitative estimate of drug-likeness (QED) is 0.645. The van der Waals surface area contributed by atoms with Crippen molar-refractivity contribution >= 4 is 10.9 Å². The number of nitrogens with one attached hydrogen (secondary N) is 1. The van der Waals surface area contributed by atoms with Gasteiger partial charge in [-0.15, -0.1) is 0 Å². The maximum Gasteiger partial charge on any atom is 0.168 e. The van der Waals surface area contributed by atoms with Crippen molar-refractivity contribution in [1.82, 2.24) is 4.98 Å². The van der Waals surface area contributed by atoms with Crippen LogP contribution in [0.25, 0.3) is 10.9 Å². The number of hydrogen-bond acceptors (Lipinski definition) is 0. The van der Waals surface area contributed by atoms with Gasteiger partial charge in [-0.25, -0.2) is 4.57 Å². The van der Waals surface area contributed by atoms with Crippen molar-refractivity contribution in [3.05, 3.63) is 66.1 Å². The van der Waals surface area contributed by atoms with Gasteiger partial charge in [-0.2, -0.15) is 0 Å². The van der Waals surface area contributed by atoms with E-state index in [0.29, 0.717) is 0 Å². The van der Waals surface area contributed by atoms with E-state index in [1.807, 2.05) is 7.05 Å². The van der Waals surface area contributed by atoms with Gasteiger partial charge < -0.3 is 22.0 Å². The Balaban J connectivity index is 0.00000133. The average Bonchev–Trinajstić information content (AvgIpc) is 2.82. The van der Waals surface area contributed by atoms with Gasteiger partial charge in [0.2, 0.25) is 0 Å². The third-order valence-corrected chi connectivity index (χ3v) is 3.41. The zero-order valence-electron chi connectivity index (χ0n) is 10.9. The number of nitrogens with zero attached hydrogens (tertiary/aromatic N) is 1. The molecule has 0 saturated heterocycles. The monoisotopic (exact) mass is 316 g/mol. The number of aromatic nitrogens is 2. The predicted molar refractivity (Wildman–Crippen MR) is 73.3 cm³/mol. The van der Waals surface area contributed by atoms with Crippen molar-refractivity contribution in [3.8, 4) is 0 Å². The van der Waals surface area contributed by atoms with Crippen molar-refractivity contribution in [3.63, 3.8) is 0 Å². The lowest BCUT2D eigenvalue weighted by Gasteiger charge is -2.00. The summed E-state index contributed by atoms with van der Waals surface area (Å²) in [5.74, 6) is 0. The van der Waals surface area contributed by atoms with E-state index < -0.39 is 0 Å². The molecule has 0 atom stereocenters. The Bertz CT molecular complexity index is 656. The molecule has 0 spiro atoms. The summed E-state index contributed by atoms with van der Waals surface area (Å²) in [6, 6.07) is 12.9. The van der Waals surface area contributed by atoms with E-state index in [1.165, 1.54) is 22.0 Å². The number of benzene rings is 1. The van der Waals surface area contributed by atoms with Crippen LogP contribution >= 0.6 is 0 Å². The van der Waals surface area contributed by atoms with Crippen LogP contribution in [0.3, 0.4) is 0 Å². The molecule has 2 aromatic heterocycles. The van der Waals surface area contributed by atoms with Crippen LogP contribution in [0.15, 0.2) is 55.0 Å². The van der Waals surface area contributed by atoms with Gasteiger partial charge in [-0.1, -0.05) is 18.2 Å².